The van der Waals surface area contributed by atoms with Crippen LogP contribution >= 0.6 is 0 Å². The van der Waals surface area contributed by atoms with Gasteiger partial charge in [0.25, 0.3) is 0 Å². The van der Waals surface area contributed by atoms with Crippen LogP contribution in [0.4, 0.5) is 5.95 Å². The minimum Gasteiger partial charge on any atom is -0.492 e. The van der Waals surface area contributed by atoms with Gasteiger partial charge in [0.1, 0.15) is 11.3 Å². The Morgan fingerprint density at radius 2 is 2.15 bits per heavy atom. The van der Waals surface area contributed by atoms with Crippen molar-refractivity contribution in [2.75, 3.05) is 25.9 Å². The molecule has 0 radical (unpaired) electrons. The van der Waals surface area contributed by atoms with Crippen molar-refractivity contribution in [1.29, 1.82) is 0 Å². The van der Waals surface area contributed by atoms with Gasteiger partial charge in [0, 0.05) is 19.1 Å². The zero-order valence-corrected chi connectivity index (χ0v) is 12.8. The van der Waals surface area contributed by atoms with Crippen LogP contribution in [0.2, 0.25) is 0 Å². The van der Waals surface area contributed by atoms with Crippen molar-refractivity contribution in [2.24, 2.45) is 0 Å². The molecule has 0 spiro atoms. The molecular weight excluding hydrogens is 252 g/mol. The molecule has 0 aliphatic carbocycles. The highest BCUT2D eigenvalue weighted by Crippen LogP contribution is 2.27. The Bertz CT molecular complexity index is 577. The second kappa shape index (κ2) is 6.13. The SMILES string of the molecule is CCOc1cccc2c1nc(N)n2CCN(C)C(C)C. The van der Waals surface area contributed by atoms with E-state index in [1.54, 1.807) is 0 Å². The molecule has 2 N–H and O–H groups in total. The number of likely N-dealkylation sites (N-methyl/N-ethyl adjacent to an activating group) is 1. The number of hydrogen-bond donors (Lipinski definition) is 1. The van der Waals surface area contributed by atoms with Crippen LogP contribution in [0.25, 0.3) is 11.0 Å². The smallest absolute Gasteiger partial charge is 0.201 e. The summed E-state index contributed by atoms with van der Waals surface area (Å²) in [7, 11) is 2.12. The number of fused-ring (bicyclic) bond motifs is 1. The molecule has 0 saturated carbocycles. The molecule has 0 fully saturated rings. The summed E-state index contributed by atoms with van der Waals surface area (Å²) in [6.45, 7) is 8.72. The lowest BCUT2D eigenvalue weighted by Gasteiger charge is -2.21. The fourth-order valence-electron chi connectivity index (χ4n) is 2.16. The summed E-state index contributed by atoms with van der Waals surface area (Å²) < 4.78 is 7.66. The van der Waals surface area contributed by atoms with Crippen LogP contribution in [0.5, 0.6) is 5.75 Å². The Kier molecular flexibility index (Phi) is 4.49. The number of nitrogen functional groups attached to an aromatic ring is 1. The first-order chi connectivity index (χ1) is 9.54. The van der Waals surface area contributed by atoms with Crippen molar-refractivity contribution in [3.05, 3.63) is 18.2 Å². The molecule has 0 bridgehead atoms. The first kappa shape index (κ1) is 14.7. The Balaban J connectivity index is 2.29. The lowest BCUT2D eigenvalue weighted by atomic mass is 10.3. The number of para-hydroxylation sites is 1. The minimum absolute atomic E-state index is 0.519. The second-order valence-electron chi connectivity index (χ2n) is 5.25. The topological polar surface area (TPSA) is 56.3 Å². The molecule has 20 heavy (non-hydrogen) atoms. The van der Waals surface area contributed by atoms with E-state index >= 15 is 0 Å². The molecule has 0 atom stereocenters. The van der Waals surface area contributed by atoms with Gasteiger partial charge >= 0.3 is 0 Å². The van der Waals surface area contributed by atoms with Crippen LogP contribution in [0.3, 0.4) is 0 Å². The van der Waals surface area contributed by atoms with Gasteiger partial charge in [-0.2, -0.15) is 0 Å². The third-order valence-corrected chi connectivity index (χ3v) is 3.63. The molecule has 2 aromatic rings. The van der Waals surface area contributed by atoms with Crippen LogP contribution < -0.4 is 10.5 Å². The van der Waals surface area contributed by atoms with Crippen LogP contribution in [-0.4, -0.2) is 40.7 Å². The second-order valence-corrected chi connectivity index (χ2v) is 5.25. The van der Waals surface area contributed by atoms with Crippen molar-refractivity contribution in [3.8, 4) is 5.75 Å². The van der Waals surface area contributed by atoms with E-state index in [9.17, 15) is 0 Å². The first-order valence-electron chi connectivity index (χ1n) is 7.12. The molecule has 1 aromatic heterocycles. The van der Waals surface area contributed by atoms with E-state index in [-0.39, 0.29) is 0 Å². The van der Waals surface area contributed by atoms with E-state index in [1.165, 1.54) is 0 Å². The molecular formula is C15H24N4O. The van der Waals surface area contributed by atoms with Crippen molar-refractivity contribution < 1.29 is 4.74 Å². The first-order valence-corrected chi connectivity index (χ1v) is 7.12. The van der Waals surface area contributed by atoms with E-state index < -0.39 is 0 Å². The molecule has 5 heteroatoms. The number of nitrogens with two attached hydrogens (primary N) is 1. The van der Waals surface area contributed by atoms with Crippen LogP contribution in [0.15, 0.2) is 18.2 Å². The quantitative estimate of drug-likeness (QED) is 0.880. The highest BCUT2D eigenvalue weighted by Gasteiger charge is 2.13. The molecule has 0 amide bonds. The van der Waals surface area contributed by atoms with E-state index in [0.29, 0.717) is 18.6 Å². The number of rotatable bonds is 6. The molecule has 0 aliphatic rings. The maximum Gasteiger partial charge on any atom is 0.201 e. The maximum atomic E-state index is 6.06. The van der Waals surface area contributed by atoms with Gasteiger partial charge in [-0.3, -0.25) is 0 Å². The zero-order valence-electron chi connectivity index (χ0n) is 12.8. The summed E-state index contributed by atoms with van der Waals surface area (Å²) in [5.74, 6) is 1.34. The van der Waals surface area contributed by atoms with E-state index in [1.807, 2.05) is 25.1 Å². The number of ether oxygens (including phenoxy) is 1. The van der Waals surface area contributed by atoms with Crippen molar-refractivity contribution >= 4 is 17.0 Å². The summed E-state index contributed by atoms with van der Waals surface area (Å²) in [5.41, 5.74) is 7.94. The predicted octanol–water partition coefficient (Wildman–Crippen LogP) is 2.36. The molecule has 110 valence electrons. The Morgan fingerprint density at radius 3 is 2.80 bits per heavy atom. The standard InChI is InChI=1S/C15H24N4O/c1-5-20-13-8-6-7-12-14(13)17-15(16)19(12)10-9-18(4)11(2)3/h6-8,11H,5,9-10H2,1-4H3,(H2,16,17). The van der Waals surface area contributed by atoms with E-state index in [4.69, 9.17) is 10.5 Å². The van der Waals surface area contributed by atoms with Crippen LogP contribution in [0.1, 0.15) is 20.8 Å². The van der Waals surface area contributed by atoms with E-state index in [0.717, 1.165) is 29.9 Å². The van der Waals surface area contributed by atoms with Crippen molar-refractivity contribution in [2.45, 2.75) is 33.4 Å². The number of nitrogens with zero attached hydrogens (tertiary/aromatic N) is 3. The summed E-state index contributed by atoms with van der Waals surface area (Å²) >= 11 is 0. The summed E-state index contributed by atoms with van der Waals surface area (Å²) in [6.07, 6.45) is 0. The Morgan fingerprint density at radius 1 is 1.40 bits per heavy atom. The molecule has 0 aliphatic heterocycles. The number of benzene rings is 1. The van der Waals surface area contributed by atoms with Gasteiger partial charge in [-0.1, -0.05) is 6.07 Å². The fraction of sp³-hybridized carbons (Fsp3) is 0.533. The molecule has 2 rings (SSSR count). The number of imidazole rings is 1. The molecule has 1 aromatic carbocycles. The summed E-state index contributed by atoms with van der Waals surface area (Å²) in [6, 6.07) is 6.47. The van der Waals surface area contributed by atoms with Gasteiger partial charge in [-0.05, 0) is 40.0 Å². The van der Waals surface area contributed by atoms with Gasteiger partial charge in [0.05, 0.1) is 12.1 Å². The van der Waals surface area contributed by atoms with Crippen molar-refractivity contribution in [1.82, 2.24) is 14.5 Å². The minimum atomic E-state index is 0.519. The van der Waals surface area contributed by atoms with Gasteiger partial charge < -0.3 is 19.9 Å². The Hall–Kier alpha value is -1.75. The number of aromatic nitrogens is 2. The average Bonchev–Trinajstić information content (AvgIpc) is 2.73. The molecule has 5 nitrogen and oxygen atoms in total. The van der Waals surface area contributed by atoms with Gasteiger partial charge in [-0.15, -0.1) is 0 Å². The molecule has 0 saturated heterocycles. The predicted molar refractivity (Wildman–Crippen MR) is 83.1 cm³/mol. The third-order valence-electron chi connectivity index (χ3n) is 3.63. The normalized spacial score (nSPS) is 11.7. The lowest BCUT2D eigenvalue weighted by molar-refractivity contribution is 0.264. The summed E-state index contributed by atoms with van der Waals surface area (Å²) in [4.78, 5) is 6.74. The molecule has 0 unspecified atom stereocenters. The largest absolute Gasteiger partial charge is 0.492 e. The highest BCUT2D eigenvalue weighted by molar-refractivity contribution is 5.84. The lowest BCUT2D eigenvalue weighted by Crippen LogP contribution is -2.29. The monoisotopic (exact) mass is 276 g/mol. The summed E-state index contributed by atoms with van der Waals surface area (Å²) in [5, 5.41) is 0. The highest BCUT2D eigenvalue weighted by atomic mass is 16.5. The third kappa shape index (κ3) is 2.88. The van der Waals surface area contributed by atoms with Gasteiger partial charge in [-0.25, -0.2) is 4.98 Å². The Labute approximate surface area is 120 Å². The van der Waals surface area contributed by atoms with Crippen LogP contribution in [-0.2, 0) is 6.54 Å². The maximum absolute atomic E-state index is 6.06. The van der Waals surface area contributed by atoms with Gasteiger partial charge in [0.2, 0.25) is 5.95 Å². The van der Waals surface area contributed by atoms with Gasteiger partial charge in [0.15, 0.2) is 0 Å². The zero-order chi connectivity index (χ0) is 14.7. The fourth-order valence-corrected chi connectivity index (χ4v) is 2.16. The van der Waals surface area contributed by atoms with Crippen molar-refractivity contribution in [3.63, 3.8) is 0 Å². The average molecular weight is 276 g/mol. The van der Waals surface area contributed by atoms with Crippen LogP contribution in [0, 0.1) is 0 Å². The number of hydrogen-bond acceptors (Lipinski definition) is 4. The number of anilines is 1. The van der Waals surface area contributed by atoms with E-state index in [2.05, 4.69) is 35.3 Å². The molecule has 1 heterocycles.